The zero-order chi connectivity index (χ0) is 15.5. The van der Waals surface area contributed by atoms with Gasteiger partial charge < -0.3 is 0 Å². The fourth-order valence-corrected chi connectivity index (χ4v) is 3.02. The van der Waals surface area contributed by atoms with E-state index in [9.17, 15) is 12.8 Å². The molecule has 5 nitrogen and oxygen atoms in total. The summed E-state index contributed by atoms with van der Waals surface area (Å²) >= 11 is 0. The normalized spacial score (nSPS) is 18.0. The number of sulfonamides is 1. The molecule has 1 aromatic rings. The summed E-state index contributed by atoms with van der Waals surface area (Å²) < 4.78 is 35.0. The molecule has 2 rings (SSSR count). The van der Waals surface area contributed by atoms with Gasteiger partial charge in [-0.15, -0.1) is 0 Å². The van der Waals surface area contributed by atoms with Gasteiger partial charge in [-0.3, -0.25) is 9.80 Å². The van der Waals surface area contributed by atoms with Gasteiger partial charge in [0.15, 0.2) is 0 Å². The highest BCUT2D eigenvalue weighted by molar-refractivity contribution is 7.89. The fourth-order valence-electron chi connectivity index (χ4n) is 2.50. The van der Waals surface area contributed by atoms with Crippen molar-refractivity contribution in [2.45, 2.75) is 13.5 Å². The molecule has 7 heteroatoms. The number of halogens is 1. The van der Waals surface area contributed by atoms with Crippen molar-refractivity contribution in [3.8, 4) is 0 Å². The van der Waals surface area contributed by atoms with Crippen LogP contribution in [-0.2, 0) is 16.6 Å². The van der Waals surface area contributed by atoms with Gasteiger partial charge in [-0.1, -0.05) is 6.07 Å². The van der Waals surface area contributed by atoms with E-state index in [0.29, 0.717) is 6.54 Å². The van der Waals surface area contributed by atoms with Crippen LogP contribution in [0.3, 0.4) is 0 Å². The van der Waals surface area contributed by atoms with Gasteiger partial charge in [-0.2, -0.15) is 0 Å². The molecule has 1 saturated heterocycles. The number of hydrogen-bond donors (Lipinski definition) is 1. The molecule has 0 radical (unpaired) electrons. The van der Waals surface area contributed by atoms with Crippen molar-refractivity contribution in [1.29, 1.82) is 0 Å². The summed E-state index contributed by atoms with van der Waals surface area (Å²) in [6.07, 6.45) is 0. The van der Waals surface area contributed by atoms with Gasteiger partial charge in [-0.25, -0.2) is 17.9 Å². The summed E-state index contributed by atoms with van der Waals surface area (Å²) in [4.78, 5) is 4.41. The van der Waals surface area contributed by atoms with Gasteiger partial charge in [0.05, 0.1) is 5.75 Å². The third-order valence-electron chi connectivity index (χ3n) is 3.86. The first-order chi connectivity index (χ1) is 9.83. The molecule has 21 heavy (non-hydrogen) atoms. The van der Waals surface area contributed by atoms with Crippen molar-refractivity contribution in [1.82, 2.24) is 9.80 Å². The Labute approximate surface area is 125 Å². The third-order valence-corrected chi connectivity index (χ3v) is 4.61. The van der Waals surface area contributed by atoms with Crippen LogP contribution < -0.4 is 5.14 Å². The van der Waals surface area contributed by atoms with E-state index in [-0.39, 0.29) is 11.6 Å². The van der Waals surface area contributed by atoms with Crippen molar-refractivity contribution in [3.05, 3.63) is 35.1 Å². The monoisotopic (exact) mass is 315 g/mol. The molecule has 0 spiro atoms. The maximum atomic E-state index is 13.1. The molecule has 0 atom stereocenters. The van der Waals surface area contributed by atoms with Crippen LogP contribution in [0.4, 0.5) is 4.39 Å². The largest absolute Gasteiger partial charge is 0.300 e. The Morgan fingerprint density at radius 2 is 1.81 bits per heavy atom. The van der Waals surface area contributed by atoms with Crippen molar-refractivity contribution in [2.24, 2.45) is 5.14 Å². The minimum atomic E-state index is -3.39. The zero-order valence-corrected chi connectivity index (χ0v) is 13.1. The molecule has 0 aliphatic carbocycles. The van der Waals surface area contributed by atoms with Crippen LogP contribution in [0, 0.1) is 12.7 Å². The van der Waals surface area contributed by atoms with E-state index >= 15 is 0 Å². The van der Waals surface area contributed by atoms with Crippen molar-refractivity contribution in [2.75, 3.05) is 38.5 Å². The molecule has 2 N–H and O–H groups in total. The van der Waals surface area contributed by atoms with Crippen molar-refractivity contribution in [3.63, 3.8) is 0 Å². The quantitative estimate of drug-likeness (QED) is 0.861. The van der Waals surface area contributed by atoms with Gasteiger partial charge in [0.1, 0.15) is 5.82 Å². The van der Waals surface area contributed by atoms with E-state index < -0.39 is 10.0 Å². The molecule has 0 amide bonds. The number of primary sulfonamides is 1. The molecule has 1 fully saturated rings. The SMILES string of the molecule is Cc1cc(F)ccc1CN1CCN(CCS(N)(=O)=O)CC1. The van der Waals surface area contributed by atoms with Gasteiger partial charge in [0, 0.05) is 39.3 Å². The summed E-state index contributed by atoms with van der Waals surface area (Å²) in [5.74, 6) is -0.201. The number of aryl methyl sites for hydroxylation is 1. The first-order valence-corrected chi connectivity index (χ1v) is 8.75. The van der Waals surface area contributed by atoms with Crippen LogP contribution in [0.5, 0.6) is 0 Å². The number of benzene rings is 1. The molecule has 1 aliphatic rings. The van der Waals surface area contributed by atoms with E-state index in [4.69, 9.17) is 5.14 Å². The summed E-state index contributed by atoms with van der Waals surface area (Å²) in [5.41, 5.74) is 2.10. The maximum Gasteiger partial charge on any atom is 0.210 e. The number of piperazine rings is 1. The first kappa shape index (κ1) is 16.4. The molecule has 0 saturated carbocycles. The molecule has 0 aromatic heterocycles. The van der Waals surface area contributed by atoms with E-state index in [1.807, 2.05) is 13.0 Å². The fraction of sp³-hybridized carbons (Fsp3) is 0.571. The highest BCUT2D eigenvalue weighted by atomic mass is 32.2. The Kier molecular flexibility index (Phi) is 5.32. The summed E-state index contributed by atoms with van der Waals surface area (Å²) in [6, 6.07) is 4.88. The van der Waals surface area contributed by atoms with E-state index in [1.165, 1.54) is 6.07 Å². The van der Waals surface area contributed by atoms with E-state index in [0.717, 1.165) is 43.9 Å². The second-order valence-electron chi connectivity index (χ2n) is 5.56. The molecule has 1 aliphatic heterocycles. The zero-order valence-electron chi connectivity index (χ0n) is 12.3. The predicted molar refractivity (Wildman–Crippen MR) is 80.8 cm³/mol. The maximum absolute atomic E-state index is 13.1. The minimum absolute atomic E-state index is 0.00404. The summed E-state index contributed by atoms with van der Waals surface area (Å²) in [6.45, 7) is 6.62. The lowest BCUT2D eigenvalue weighted by atomic mass is 10.1. The van der Waals surface area contributed by atoms with E-state index in [1.54, 1.807) is 6.07 Å². The Balaban J connectivity index is 1.81. The number of nitrogens with zero attached hydrogens (tertiary/aromatic N) is 2. The topological polar surface area (TPSA) is 66.6 Å². The van der Waals surface area contributed by atoms with Crippen LogP contribution in [0.1, 0.15) is 11.1 Å². The van der Waals surface area contributed by atoms with Gasteiger partial charge >= 0.3 is 0 Å². The highest BCUT2D eigenvalue weighted by Gasteiger charge is 2.18. The van der Waals surface area contributed by atoms with E-state index in [2.05, 4.69) is 9.80 Å². The lowest BCUT2D eigenvalue weighted by molar-refractivity contribution is 0.132. The highest BCUT2D eigenvalue weighted by Crippen LogP contribution is 2.14. The predicted octanol–water partition coefficient (Wildman–Crippen LogP) is 0.540. The number of rotatable bonds is 5. The number of nitrogens with two attached hydrogens (primary N) is 1. The minimum Gasteiger partial charge on any atom is -0.300 e. The lowest BCUT2D eigenvalue weighted by Crippen LogP contribution is -2.47. The van der Waals surface area contributed by atoms with Crippen molar-refractivity contribution >= 4 is 10.0 Å². The standard InChI is InChI=1S/C14H22FN3O2S/c1-12-10-14(15)3-2-13(12)11-18-6-4-17(5-7-18)8-9-21(16,19)20/h2-3,10H,4-9,11H2,1H3,(H2,16,19,20). The Morgan fingerprint density at radius 1 is 1.19 bits per heavy atom. The number of hydrogen-bond acceptors (Lipinski definition) is 4. The molecular weight excluding hydrogens is 293 g/mol. The average molecular weight is 315 g/mol. The third kappa shape index (κ3) is 5.35. The second-order valence-corrected chi connectivity index (χ2v) is 7.29. The Bertz CT molecular complexity index is 584. The van der Waals surface area contributed by atoms with Crippen molar-refractivity contribution < 1.29 is 12.8 Å². The lowest BCUT2D eigenvalue weighted by Gasteiger charge is -2.34. The van der Waals surface area contributed by atoms with Crippen LogP contribution in [0.15, 0.2) is 18.2 Å². The summed E-state index contributed by atoms with van der Waals surface area (Å²) in [5, 5.41) is 5.02. The van der Waals surface area contributed by atoms with Crippen LogP contribution in [0.25, 0.3) is 0 Å². The molecular formula is C14H22FN3O2S. The van der Waals surface area contributed by atoms with Gasteiger partial charge in [0.2, 0.25) is 10.0 Å². The molecule has 0 unspecified atom stereocenters. The molecule has 0 bridgehead atoms. The van der Waals surface area contributed by atoms with Gasteiger partial charge in [-0.05, 0) is 30.2 Å². The smallest absolute Gasteiger partial charge is 0.210 e. The average Bonchev–Trinajstić information content (AvgIpc) is 2.40. The Morgan fingerprint density at radius 3 is 2.38 bits per heavy atom. The summed E-state index contributed by atoms with van der Waals surface area (Å²) in [7, 11) is -3.39. The van der Waals surface area contributed by atoms with Crippen LogP contribution >= 0.6 is 0 Å². The first-order valence-electron chi connectivity index (χ1n) is 7.04. The van der Waals surface area contributed by atoms with Crippen LogP contribution in [-0.4, -0.2) is 56.7 Å². The van der Waals surface area contributed by atoms with Crippen LogP contribution in [0.2, 0.25) is 0 Å². The van der Waals surface area contributed by atoms with Gasteiger partial charge in [0.25, 0.3) is 0 Å². The molecule has 1 aromatic carbocycles. The Hall–Kier alpha value is -1.02. The second kappa shape index (κ2) is 6.83. The molecule has 118 valence electrons. The molecule has 1 heterocycles.